The quantitative estimate of drug-likeness (QED) is 0.129. The molecule has 10 aromatic rings. The lowest BCUT2D eigenvalue weighted by molar-refractivity contribution is -0.671. The maximum absolute atomic E-state index is 8.61. The third kappa shape index (κ3) is 7.55. The van der Waals surface area contributed by atoms with Gasteiger partial charge in [-0.05, 0) is 101 Å². The summed E-state index contributed by atoms with van der Waals surface area (Å²) in [4.78, 5) is 0. The maximum Gasteiger partial charge on any atom is 0.176 e. The Morgan fingerprint density at radius 2 is 0.468 bits per heavy atom. The molecular formula is C60H46N2+2. The molecule has 0 spiro atoms. The first kappa shape index (κ1) is 34.9. The van der Waals surface area contributed by atoms with Crippen LogP contribution in [-0.4, -0.2) is 0 Å². The fraction of sp³-hybridized carbons (Fsp3) is 0.0333. The van der Waals surface area contributed by atoms with Crippen molar-refractivity contribution in [1.82, 2.24) is 0 Å². The standard InChI is InChI=1S/C60H46N2/c1-61-39-15-25-53(41-61)45-29-35-51(36-30-45)59-55(47-19-9-4-10-20-47)58(50-33-27-44(28-34-50)43-17-7-3-8-18-43)56(48-21-11-5-12-22-48)60(57(59)49-23-13-6-14-24-49)52-37-31-46(32-38-52)54-26-16-40-62(2)42-54/h3-42H,1-2H3/q+2/i4D,5D,6D. The minimum Gasteiger partial charge on any atom is -0.207 e. The summed E-state index contributed by atoms with van der Waals surface area (Å²) in [6.45, 7) is 0. The van der Waals surface area contributed by atoms with Gasteiger partial charge in [-0.3, -0.25) is 0 Å². The first-order valence-electron chi connectivity index (χ1n) is 22.5. The van der Waals surface area contributed by atoms with E-state index < -0.39 is 0 Å². The third-order valence-corrected chi connectivity index (χ3v) is 11.7. The summed E-state index contributed by atoms with van der Waals surface area (Å²) >= 11 is 0. The van der Waals surface area contributed by atoms with Crippen LogP contribution in [0.4, 0.5) is 0 Å². The number of pyridine rings is 2. The van der Waals surface area contributed by atoms with E-state index in [9.17, 15) is 0 Å². The third-order valence-electron chi connectivity index (χ3n) is 11.7. The molecule has 0 amide bonds. The van der Waals surface area contributed by atoms with Gasteiger partial charge in [0.25, 0.3) is 0 Å². The molecule has 0 bridgehead atoms. The van der Waals surface area contributed by atoms with Gasteiger partial charge >= 0.3 is 0 Å². The molecule has 0 atom stereocenters. The molecular weight excluding hydrogens is 749 g/mol. The van der Waals surface area contributed by atoms with E-state index >= 15 is 0 Å². The van der Waals surface area contributed by atoms with Gasteiger partial charge in [0.1, 0.15) is 14.1 Å². The van der Waals surface area contributed by atoms with Gasteiger partial charge in [0, 0.05) is 23.3 Å². The molecule has 2 aromatic heterocycles. The zero-order valence-electron chi connectivity index (χ0n) is 37.8. The van der Waals surface area contributed by atoms with E-state index in [1.807, 2.05) is 69.0 Å². The summed E-state index contributed by atoms with van der Waals surface area (Å²) in [6, 6.07) is 70.6. The first-order chi connectivity index (χ1) is 31.8. The second-order valence-electron chi connectivity index (χ2n) is 15.7. The zero-order chi connectivity index (χ0) is 44.4. The fourth-order valence-corrected chi connectivity index (χ4v) is 8.78. The van der Waals surface area contributed by atoms with Gasteiger partial charge in [0.15, 0.2) is 24.8 Å². The zero-order valence-corrected chi connectivity index (χ0v) is 34.8. The highest BCUT2D eigenvalue weighted by atomic mass is 14.9. The predicted molar refractivity (Wildman–Crippen MR) is 258 cm³/mol. The number of aryl methyl sites for hydroxylation is 2. The fourth-order valence-electron chi connectivity index (χ4n) is 8.78. The van der Waals surface area contributed by atoms with Crippen LogP contribution in [0.5, 0.6) is 0 Å². The van der Waals surface area contributed by atoms with Gasteiger partial charge in [-0.15, -0.1) is 0 Å². The van der Waals surface area contributed by atoms with Gasteiger partial charge in [-0.25, -0.2) is 9.13 Å². The van der Waals surface area contributed by atoms with Gasteiger partial charge in [-0.2, -0.15) is 0 Å². The molecule has 0 aliphatic heterocycles. The lowest BCUT2D eigenvalue weighted by atomic mass is 9.74. The van der Waals surface area contributed by atoms with Crippen LogP contribution in [-0.2, 0) is 14.1 Å². The lowest BCUT2D eigenvalue weighted by Crippen LogP contribution is -2.26. The number of benzene rings is 8. The van der Waals surface area contributed by atoms with Crippen molar-refractivity contribution in [2.45, 2.75) is 0 Å². The second-order valence-corrected chi connectivity index (χ2v) is 15.7. The highest BCUT2D eigenvalue weighted by Crippen LogP contribution is 2.56. The van der Waals surface area contributed by atoms with Crippen LogP contribution in [0, 0.1) is 0 Å². The maximum atomic E-state index is 8.61. The topological polar surface area (TPSA) is 7.76 Å². The van der Waals surface area contributed by atoms with Crippen LogP contribution in [0.25, 0.3) is 100 Å². The molecule has 0 N–H and O–H groups in total. The van der Waals surface area contributed by atoms with Crippen LogP contribution >= 0.6 is 0 Å². The molecule has 0 aliphatic rings. The summed E-state index contributed by atoms with van der Waals surface area (Å²) in [5, 5.41) is 0. The average Bonchev–Trinajstić information content (AvgIpc) is 3.34. The highest BCUT2D eigenvalue weighted by molar-refractivity contribution is 6.15. The van der Waals surface area contributed by atoms with E-state index in [1.165, 1.54) is 0 Å². The Kier molecular flexibility index (Phi) is 9.54. The monoisotopic (exact) mass is 797 g/mol. The van der Waals surface area contributed by atoms with Crippen molar-refractivity contribution in [3.05, 3.63) is 243 Å². The number of hydrogen-bond donors (Lipinski definition) is 0. The Bertz CT molecular complexity index is 3130. The van der Waals surface area contributed by atoms with Crippen molar-refractivity contribution in [1.29, 1.82) is 0 Å². The van der Waals surface area contributed by atoms with Crippen LogP contribution in [0.2, 0.25) is 0 Å². The van der Waals surface area contributed by atoms with Crippen molar-refractivity contribution in [2.75, 3.05) is 0 Å². The Hall–Kier alpha value is -7.94. The first-order valence-corrected chi connectivity index (χ1v) is 21.0. The lowest BCUT2D eigenvalue weighted by Gasteiger charge is -2.29. The van der Waals surface area contributed by atoms with Crippen LogP contribution in [0.15, 0.2) is 243 Å². The average molecular weight is 798 g/mol. The van der Waals surface area contributed by atoms with Crippen molar-refractivity contribution in [3.8, 4) is 100 Å². The molecule has 62 heavy (non-hydrogen) atoms. The summed E-state index contributed by atoms with van der Waals surface area (Å²) < 4.78 is 30.0. The van der Waals surface area contributed by atoms with Crippen LogP contribution in [0.1, 0.15) is 4.11 Å². The number of hydrogen-bond acceptors (Lipinski definition) is 0. The van der Waals surface area contributed by atoms with Gasteiger partial charge < -0.3 is 0 Å². The van der Waals surface area contributed by atoms with E-state index in [1.54, 1.807) is 0 Å². The van der Waals surface area contributed by atoms with Crippen LogP contribution in [0.3, 0.4) is 0 Å². The van der Waals surface area contributed by atoms with Gasteiger partial charge in [0.05, 0.1) is 4.11 Å². The Balaban J connectivity index is 1.38. The molecule has 0 fully saturated rings. The van der Waals surface area contributed by atoms with E-state index in [-0.39, 0.29) is 0 Å². The molecule has 2 heteroatoms. The largest absolute Gasteiger partial charge is 0.207 e. The molecule has 0 radical (unpaired) electrons. The molecule has 2 nitrogen and oxygen atoms in total. The van der Waals surface area contributed by atoms with E-state index in [4.69, 9.17) is 4.11 Å². The number of rotatable bonds is 9. The van der Waals surface area contributed by atoms with Gasteiger partial charge in [-0.1, -0.05) is 194 Å². The predicted octanol–water partition coefficient (Wildman–Crippen LogP) is 14.3. The summed E-state index contributed by atoms with van der Waals surface area (Å²) in [5.74, 6) is 0. The minimum atomic E-state index is 0.435. The van der Waals surface area contributed by atoms with Crippen molar-refractivity contribution in [2.24, 2.45) is 14.1 Å². The Labute approximate surface area is 369 Å². The molecule has 0 saturated heterocycles. The van der Waals surface area contributed by atoms with Crippen molar-refractivity contribution in [3.63, 3.8) is 0 Å². The van der Waals surface area contributed by atoms with E-state index in [0.29, 0.717) is 18.1 Å². The molecule has 294 valence electrons. The van der Waals surface area contributed by atoms with Crippen molar-refractivity contribution < 1.29 is 13.2 Å². The SMILES string of the molecule is [2H]c1ccc(-c2c(-c3ccc(-c4ccccc4)cc3)c(-c3ccc([2H])cc3)c(-c3ccc(-c4ccc[n+](C)c4)cc3)c(-c3ccc([2H])cc3)c2-c2ccc(-c3ccc[n+](C)c3)cc2)cc1. The number of aromatic nitrogens is 2. The Morgan fingerprint density at radius 3 is 0.774 bits per heavy atom. The van der Waals surface area contributed by atoms with Crippen LogP contribution < -0.4 is 9.13 Å². The van der Waals surface area contributed by atoms with E-state index in [2.05, 4.69) is 179 Å². The molecule has 0 unspecified atom stereocenters. The normalized spacial score (nSPS) is 11.7. The summed E-state index contributed by atoms with van der Waals surface area (Å²) in [7, 11) is 4.09. The smallest absolute Gasteiger partial charge is 0.176 e. The minimum absolute atomic E-state index is 0.435. The molecule has 8 aromatic carbocycles. The number of nitrogens with zero attached hydrogens (tertiary/aromatic N) is 2. The highest BCUT2D eigenvalue weighted by Gasteiger charge is 2.29. The molecule has 10 rings (SSSR count). The Morgan fingerprint density at radius 1 is 0.242 bits per heavy atom. The second kappa shape index (κ2) is 17.0. The molecule has 2 heterocycles. The van der Waals surface area contributed by atoms with Crippen molar-refractivity contribution >= 4 is 0 Å². The summed E-state index contributed by atoms with van der Waals surface area (Å²) in [5.41, 5.74) is 19.0. The molecule has 0 saturated carbocycles. The molecule has 0 aliphatic carbocycles. The van der Waals surface area contributed by atoms with E-state index in [0.717, 1.165) is 100 Å². The van der Waals surface area contributed by atoms with Gasteiger partial charge in [0.2, 0.25) is 0 Å². The summed E-state index contributed by atoms with van der Waals surface area (Å²) in [6.07, 6.45) is 8.37.